The van der Waals surface area contributed by atoms with Crippen LogP contribution >= 0.6 is 0 Å². The van der Waals surface area contributed by atoms with Crippen molar-refractivity contribution in [2.24, 2.45) is 0 Å². The minimum atomic E-state index is -4.77. The number of halogens is 3. The lowest BCUT2D eigenvalue weighted by Gasteiger charge is -2.37. The van der Waals surface area contributed by atoms with E-state index in [4.69, 9.17) is 0 Å². The van der Waals surface area contributed by atoms with Gasteiger partial charge in [0.25, 0.3) is 5.56 Å². The number of piperazine rings is 1. The summed E-state index contributed by atoms with van der Waals surface area (Å²) in [5.41, 5.74) is -0.876. The second-order valence-corrected chi connectivity index (χ2v) is 9.48. The first-order valence-electron chi connectivity index (χ1n) is 9.98. The van der Waals surface area contributed by atoms with Gasteiger partial charge in [0, 0.05) is 26.2 Å². The number of para-hydroxylation sites is 1. The van der Waals surface area contributed by atoms with Crippen molar-refractivity contribution in [1.82, 2.24) is 19.2 Å². The maximum Gasteiger partial charge on any atom is 0.417 e. The third-order valence-electron chi connectivity index (χ3n) is 5.66. The minimum absolute atomic E-state index is 0.0245. The quantitative estimate of drug-likeness (QED) is 0.639. The predicted molar refractivity (Wildman–Crippen MR) is 113 cm³/mol. The zero-order chi connectivity index (χ0) is 23.1. The number of rotatable bonds is 4. The topological polar surface area (TPSA) is 86.4 Å². The Kier molecular flexibility index (Phi) is 5.82. The van der Waals surface area contributed by atoms with Crippen LogP contribution in [0.15, 0.2) is 58.2 Å². The molecule has 1 atom stereocenters. The Bertz CT molecular complexity index is 1300. The highest BCUT2D eigenvalue weighted by Crippen LogP contribution is 2.35. The summed E-state index contributed by atoms with van der Waals surface area (Å²) in [4.78, 5) is 20.8. The van der Waals surface area contributed by atoms with Crippen molar-refractivity contribution in [2.45, 2.75) is 24.0 Å². The van der Waals surface area contributed by atoms with Crippen LogP contribution in [0.1, 0.15) is 24.4 Å². The number of aromatic amines is 1. The number of aromatic nitrogens is 2. The first-order valence-corrected chi connectivity index (χ1v) is 11.4. The van der Waals surface area contributed by atoms with Gasteiger partial charge in [0.1, 0.15) is 5.82 Å². The van der Waals surface area contributed by atoms with Crippen molar-refractivity contribution in [2.75, 3.05) is 26.2 Å². The minimum Gasteiger partial charge on any atom is -0.309 e. The van der Waals surface area contributed by atoms with E-state index in [2.05, 4.69) is 9.97 Å². The SMILES string of the molecule is C[C@H](c1nc2ccccc2c(=O)[nH]1)N1CCN(S(=O)(=O)c2ccccc2C(F)(F)F)CC1. The zero-order valence-electron chi connectivity index (χ0n) is 17.1. The van der Waals surface area contributed by atoms with Crippen LogP contribution < -0.4 is 5.56 Å². The van der Waals surface area contributed by atoms with Crippen LogP contribution in [0.5, 0.6) is 0 Å². The van der Waals surface area contributed by atoms with Gasteiger partial charge >= 0.3 is 6.18 Å². The second kappa shape index (κ2) is 8.30. The van der Waals surface area contributed by atoms with Gasteiger partial charge in [0.05, 0.1) is 27.4 Å². The number of benzene rings is 2. The summed E-state index contributed by atoms with van der Waals surface area (Å²) in [7, 11) is -4.31. The summed E-state index contributed by atoms with van der Waals surface area (Å²) in [6.45, 7) is 2.46. The zero-order valence-corrected chi connectivity index (χ0v) is 17.9. The number of H-pyrrole nitrogens is 1. The highest BCUT2D eigenvalue weighted by molar-refractivity contribution is 7.89. The Morgan fingerprint density at radius 3 is 2.31 bits per heavy atom. The van der Waals surface area contributed by atoms with Crippen LogP contribution in [-0.4, -0.2) is 53.8 Å². The maximum absolute atomic E-state index is 13.3. The van der Waals surface area contributed by atoms with Crippen molar-refractivity contribution >= 4 is 20.9 Å². The highest BCUT2D eigenvalue weighted by atomic mass is 32.2. The Morgan fingerprint density at radius 2 is 1.62 bits per heavy atom. The summed E-state index contributed by atoms with van der Waals surface area (Å²) in [5.74, 6) is 0.451. The number of nitrogens with one attached hydrogen (secondary N) is 1. The molecule has 1 fully saturated rings. The fraction of sp³-hybridized carbons (Fsp3) is 0.333. The van der Waals surface area contributed by atoms with Crippen molar-refractivity contribution < 1.29 is 21.6 Å². The third kappa shape index (κ3) is 4.15. The van der Waals surface area contributed by atoms with Gasteiger partial charge in [-0.25, -0.2) is 13.4 Å². The summed E-state index contributed by atoms with van der Waals surface area (Å²) >= 11 is 0. The Labute approximate surface area is 182 Å². The fourth-order valence-electron chi connectivity index (χ4n) is 3.87. The molecular formula is C21H21F3N4O3S. The molecular weight excluding hydrogens is 445 g/mol. The fourth-order valence-corrected chi connectivity index (χ4v) is 5.51. The van der Waals surface area contributed by atoms with Gasteiger partial charge < -0.3 is 4.98 Å². The van der Waals surface area contributed by atoms with E-state index in [0.717, 1.165) is 16.4 Å². The molecule has 2 heterocycles. The van der Waals surface area contributed by atoms with Gasteiger partial charge in [-0.05, 0) is 31.2 Å². The van der Waals surface area contributed by atoms with Crippen molar-refractivity contribution in [1.29, 1.82) is 0 Å². The van der Waals surface area contributed by atoms with Crippen molar-refractivity contribution in [3.8, 4) is 0 Å². The van der Waals surface area contributed by atoms with E-state index in [-0.39, 0.29) is 37.8 Å². The summed E-state index contributed by atoms with van der Waals surface area (Å²) in [6, 6.07) is 10.8. The molecule has 0 saturated carbocycles. The summed E-state index contributed by atoms with van der Waals surface area (Å²) < 4.78 is 66.9. The van der Waals surface area contributed by atoms with Crippen molar-refractivity contribution in [3.05, 3.63) is 70.3 Å². The van der Waals surface area contributed by atoms with Crippen LogP contribution in [0.3, 0.4) is 0 Å². The van der Waals surface area contributed by atoms with Crippen LogP contribution in [0.25, 0.3) is 10.9 Å². The molecule has 11 heteroatoms. The van der Waals surface area contributed by atoms with E-state index in [9.17, 15) is 26.4 Å². The number of hydrogen-bond donors (Lipinski definition) is 1. The molecule has 0 amide bonds. The molecule has 1 aromatic heterocycles. The molecule has 0 aliphatic carbocycles. The first-order chi connectivity index (χ1) is 15.1. The Morgan fingerprint density at radius 1 is 1.00 bits per heavy atom. The van der Waals surface area contributed by atoms with E-state index >= 15 is 0 Å². The van der Waals surface area contributed by atoms with E-state index in [1.807, 2.05) is 11.8 Å². The van der Waals surface area contributed by atoms with Gasteiger partial charge in [-0.2, -0.15) is 17.5 Å². The Balaban J connectivity index is 1.53. The monoisotopic (exact) mass is 466 g/mol. The number of alkyl halides is 3. The lowest BCUT2D eigenvalue weighted by molar-refractivity contribution is -0.139. The number of fused-ring (bicyclic) bond motifs is 1. The number of sulfonamides is 1. The molecule has 1 N–H and O–H groups in total. The van der Waals surface area contributed by atoms with Crippen LogP contribution in [0.4, 0.5) is 13.2 Å². The second-order valence-electron chi connectivity index (χ2n) is 7.58. The average molecular weight is 466 g/mol. The molecule has 1 aliphatic rings. The van der Waals surface area contributed by atoms with Gasteiger partial charge in [-0.1, -0.05) is 24.3 Å². The first kappa shape index (κ1) is 22.4. The molecule has 0 spiro atoms. The molecule has 32 heavy (non-hydrogen) atoms. The molecule has 0 unspecified atom stereocenters. The molecule has 170 valence electrons. The van der Waals surface area contributed by atoms with Crippen molar-refractivity contribution in [3.63, 3.8) is 0 Å². The van der Waals surface area contributed by atoms with Gasteiger partial charge in [0.15, 0.2) is 0 Å². The third-order valence-corrected chi connectivity index (χ3v) is 7.61. The number of nitrogens with zero attached hydrogens (tertiary/aromatic N) is 3. The Hall–Kier alpha value is -2.76. The molecule has 0 radical (unpaired) electrons. The standard InChI is InChI=1S/C21H21F3N4O3S/c1-14(19-25-17-8-4-2-6-15(17)20(29)26-19)27-10-12-28(13-11-27)32(30,31)18-9-5-3-7-16(18)21(22,23)24/h2-9,14H,10-13H2,1H3,(H,25,26,29)/t14-/m1/s1. The smallest absolute Gasteiger partial charge is 0.309 e. The van der Waals surface area contributed by atoms with Crippen LogP contribution in [-0.2, 0) is 16.2 Å². The summed E-state index contributed by atoms with van der Waals surface area (Å²) in [5, 5.41) is 0.475. The van der Waals surface area contributed by atoms with E-state index in [0.29, 0.717) is 16.7 Å². The lowest BCUT2D eigenvalue weighted by atomic mass is 10.2. The summed E-state index contributed by atoms with van der Waals surface area (Å²) in [6.07, 6.45) is -4.77. The molecule has 3 aromatic rings. The van der Waals surface area contributed by atoms with E-state index in [1.165, 1.54) is 12.1 Å². The van der Waals surface area contributed by atoms with Crippen LogP contribution in [0, 0.1) is 0 Å². The lowest BCUT2D eigenvalue weighted by Crippen LogP contribution is -2.49. The molecule has 1 aliphatic heterocycles. The highest BCUT2D eigenvalue weighted by Gasteiger charge is 2.39. The van der Waals surface area contributed by atoms with Gasteiger partial charge in [-0.3, -0.25) is 9.69 Å². The maximum atomic E-state index is 13.3. The molecule has 4 rings (SSSR count). The van der Waals surface area contributed by atoms with E-state index in [1.54, 1.807) is 24.3 Å². The van der Waals surface area contributed by atoms with Crippen LogP contribution in [0.2, 0.25) is 0 Å². The molecule has 7 nitrogen and oxygen atoms in total. The molecule has 1 saturated heterocycles. The normalized spacial score (nSPS) is 17.5. The van der Waals surface area contributed by atoms with Gasteiger partial charge in [0.2, 0.25) is 10.0 Å². The van der Waals surface area contributed by atoms with Gasteiger partial charge in [-0.15, -0.1) is 0 Å². The molecule has 0 bridgehead atoms. The average Bonchev–Trinajstić information content (AvgIpc) is 2.78. The van der Waals surface area contributed by atoms with E-state index < -0.39 is 26.7 Å². The number of hydrogen-bond acceptors (Lipinski definition) is 5. The largest absolute Gasteiger partial charge is 0.417 e. The predicted octanol–water partition coefficient (Wildman–Crippen LogP) is 3.01. The molecule has 2 aromatic carbocycles.